The van der Waals surface area contributed by atoms with Crippen molar-refractivity contribution in [1.29, 1.82) is 5.26 Å². The van der Waals surface area contributed by atoms with E-state index in [0.717, 1.165) is 78.9 Å². The number of carbonyl (C=O) groups is 5. The van der Waals surface area contributed by atoms with E-state index in [2.05, 4.69) is 136 Å². The first-order chi connectivity index (χ1) is 55.2. The summed E-state index contributed by atoms with van der Waals surface area (Å²) in [6.45, 7) is 15.9. The Balaban J connectivity index is 0.000000221. The Morgan fingerprint density at radius 2 is 0.947 bits per heavy atom. The highest BCUT2D eigenvalue weighted by molar-refractivity contribution is 7.94. The number of carbonyl (C=O) groups excluding carboxylic acids is 5. The molecule has 9 aromatic carbocycles. The Kier molecular flexibility index (Phi) is 38.2. The fourth-order valence-corrected chi connectivity index (χ4v) is 16.1. The van der Waals surface area contributed by atoms with Crippen LogP contribution in [-0.2, 0) is 51.2 Å². The zero-order valence-corrected chi connectivity index (χ0v) is 66.5. The summed E-state index contributed by atoms with van der Waals surface area (Å²) < 4.78 is 18.1. The smallest absolute Gasteiger partial charge is 0.410 e. The number of nitriles is 1. The highest BCUT2D eigenvalue weighted by Crippen LogP contribution is 2.43. The molecule has 2 aliphatic rings. The molecule has 23 heteroatoms. The molecule has 0 saturated carbocycles. The minimum absolute atomic E-state index is 0.0137. The Labute approximate surface area is 682 Å². The van der Waals surface area contributed by atoms with Crippen molar-refractivity contribution in [3.63, 3.8) is 0 Å². The normalized spacial score (nSPS) is 13.1. The van der Waals surface area contributed by atoms with Gasteiger partial charge in [-0.2, -0.15) is 5.26 Å². The molecule has 10 radical (unpaired) electrons. The maximum absolute atomic E-state index is 13.6. The first kappa shape index (κ1) is 89.8. The van der Waals surface area contributed by atoms with Crippen LogP contribution >= 0.6 is 6.89 Å². The highest BCUT2D eigenvalue weighted by Gasteiger charge is 2.35. The molecule has 114 heavy (non-hydrogen) atoms. The molecule has 14 nitrogen and oxygen atoms in total. The van der Waals surface area contributed by atoms with Gasteiger partial charge < -0.3 is 39.5 Å². The largest absolute Gasteiger partial charge is 0.457 e. The van der Waals surface area contributed by atoms with Crippen molar-refractivity contribution >= 4 is 117 Å². The molecule has 0 spiro atoms. The van der Waals surface area contributed by atoms with Crippen molar-refractivity contribution in [1.82, 2.24) is 25.3 Å². The van der Waals surface area contributed by atoms with Crippen LogP contribution in [-0.4, -0.2) is 172 Å². The van der Waals surface area contributed by atoms with E-state index < -0.39 is 31.6 Å². The van der Waals surface area contributed by atoms with Gasteiger partial charge in [0.05, 0.1) is 17.7 Å². The van der Waals surface area contributed by atoms with Crippen LogP contribution in [0.1, 0.15) is 85.1 Å². The van der Waals surface area contributed by atoms with Crippen LogP contribution in [0.3, 0.4) is 0 Å². The van der Waals surface area contributed by atoms with Crippen LogP contribution in [0.4, 0.5) is 4.79 Å². The van der Waals surface area contributed by atoms with Crippen molar-refractivity contribution in [2.24, 2.45) is 0 Å². The molecule has 9 aromatic rings. The monoisotopic (exact) mass is 1520 g/mol. The zero-order valence-electron chi connectivity index (χ0n) is 65.6. The van der Waals surface area contributed by atoms with Crippen molar-refractivity contribution in [3.8, 4) is 29.1 Å². The Bertz CT molecular complexity index is 4750. The minimum atomic E-state index is -2.04. The van der Waals surface area contributed by atoms with Crippen molar-refractivity contribution in [2.75, 3.05) is 45.8 Å². The van der Waals surface area contributed by atoms with Gasteiger partial charge in [-0.25, -0.2) is 4.79 Å². The SMILES string of the molecule is C=C=C=C=C=C=C=C.CC(=O)NCCCc1ccccc1Oc1ccccc1CCC(=O)N1CCNC[C@H]1Cc1ccccc1.CC(C)(C)OC(=O)N1CCN(C(=O)CCc2ccccc2Oc2ccccc2C=O)[C@H](Cc2ccccc2)C1.N#CC=P(c1ccccc1)(c1ccccc1)c1ccccc1.[B]B([B])B([B])B([B])[B]. The Hall–Kier alpha value is -11.4. The number of amides is 4. The Morgan fingerprint density at radius 1 is 0.544 bits per heavy atom. The van der Waals surface area contributed by atoms with E-state index in [-0.39, 0.29) is 35.9 Å². The number of nitrogens with one attached hydrogen (secondary N) is 2. The average Bonchev–Trinajstić information content (AvgIpc) is 0.758. The molecule has 2 fully saturated rings. The molecule has 0 aromatic heterocycles. The molecule has 0 aliphatic carbocycles. The topological polar surface area (TPSA) is 171 Å². The summed E-state index contributed by atoms with van der Waals surface area (Å²) in [6, 6.07) is 84.4. The van der Waals surface area contributed by atoms with Gasteiger partial charge in [-0.15, -0.1) is 0 Å². The van der Waals surface area contributed by atoms with Crippen LogP contribution in [0.25, 0.3) is 0 Å². The molecule has 2 aliphatic heterocycles. The fraction of sp³-hybridized carbons (Fsp3) is 0.242. The van der Waals surface area contributed by atoms with E-state index in [1.165, 1.54) is 28.4 Å². The van der Waals surface area contributed by atoms with Gasteiger partial charge in [0.1, 0.15) is 28.6 Å². The fourth-order valence-electron chi connectivity index (χ4n) is 12.7. The number of hydrogen-bond acceptors (Lipinski definition) is 10. The lowest BCUT2D eigenvalue weighted by molar-refractivity contribution is -0.136. The molecule has 4 amide bonds. The summed E-state index contributed by atoms with van der Waals surface area (Å²) in [5.74, 6) is 4.74. The summed E-state index contributed by atoms with van der Waals surface area (Å²) in [7, 11) is 25.8. The summed E-state index contributed by atoms with van der Waals surface area (Å²) in [4.78, 5) is 67.9. The molecule has 2 N–H and O–H groups in total. The van der Waals surface area contributed by atoms with E-state index in [0.29, 0.717) is 75.3 Å². The van der Waals surface area contributed by atoms with E-state index in [1.54, 1.807) is 23.1 Å². The van der Waals surface area contributed by atoms with Gasteiger partial charge in [-0.05, 0) is 176 Å². The quantitative estimate of drug-likeness (QED) is 0.0195. The third-order valence-corrected chi connectivity index (χ3v) is 22.2. The summed E-state index contributed by atoms with van der Waals surface area (Å²) in [5, 5.41) is 19.4. The molecule has 564 valence electrons. The van der Waals surface area contributed by atoms with E-state index in [1.807, 2.05) is 195 Å². The van der Waals surface area contributed by atoms with Gasteiger partial charge in [-0.3, -0.25) is 19.2 Å². The first-order valence-corrected chi connectivity index (χ1v) is 39.9. The van der Waals surface area contributed by atoms with Crippen molar-refractivity contribution < 1.29 is 38.2 Å². The number of piperazine rings is 2. The molecule has 2 atom stereocenters. The molecule has 2 heterocycles. The first-order valence-electron chi connectivity index (χ1n) is 38.0. The third-order valence-electron chi connectivity index (χ3n) is 18.4. The number of para-hydroxylation sites is 4. The second-order valence-corrected chi connectivity index (χ2v) is 31.1. The molecule has 11 rings (SSSR count). The van der Waals surface area contributed by atoms with Crippen LogP contribution in [0.15, 0.2) is 296 Å². The molecule has 2 saturated heterocycles. The van der Waals surface area contributed by atoms with Gasteiger partial charge in [0, 0.05) is 135 Å². The predicted octanol–water partition coefficient (Wildman–Crippen LogP) is 12.4. The molecule has 0 bridgehead atoms. The predicted molar refractivity (Wildman–Crippen MR) is 472 cm³/mol. The van der Waals surface area contributed by atoms with Crippen LogP contribution in [0, 0.1) is 11.3 Å². The van der Waals surface area contributed by atoms with Crippen LogP contribution in [0.5, 0.6) is 23.0 Å². The Morgan fingerprint density at radius 3 is 1.37 bits per heavy atom. The molecular weight excluding hydrogens is 1420 g/mol. The number of nitrogens with zero attached hydrogens (tertiary/aromatic N) is 4. The van der Waals surface area contributed by atoms with Gasteiger partial charge in [0.2, 0.25) is 17.7 Å². The third kappa shape index (κ3) is 29.6. The lowest BCUT2D eigenvalue weighted by Gasteiger charge is -2.42. The molecule has 0 unspecified atom stereocenters. The molecular formula is C91H93B8N6O8P. The summed E-state index contributed by atoms with van der Waals surface area (Å²) in [6.07, 6.45) is 3.65. The van der Waals surface area contributed by atoms with Crippen molar-refractivity contribution in [3.05, 3.63) is 330 Å². The van der Waals surface area contributed by atoms with E-state index in [4.69, 9.17) is 52.9 Å². The van der Waals surface area contributed by atoms with E-state index in [9.17, 15) is 29.2 Å². The second-order valence-electron chi connectivity index (χ2n) is 27.8. The van der Waals surface area contributed by atoms with Gasteiger partial charge in [-0.1, -0.05) is 230 Å². The van der Waals surface area contributed by atoms with Crippen LogP contribution < -0.4 is 36.0 Å². The summed E-state index contributed by atoms with van der Waals surface area (Å²) in [5.41, 5.74) is 19.8. The van der Waals surface area contributed by atoms with Gasteiger partial charge in [0.15, 0.2) is 6.29 Å². The number of aldehydes is 1. The number of ether oxygens (including phenoxy) is 3. The number of rotatable bonds is 24. The maximum Gasteiger partial charge on any atom is 0.410 e. The minimum Gasteiger partial charge on any atom is -0.457 e. The lowest BCUT2D eigenvalue weighted by Crippen LogP contribution is -2.57. The summed E-state index contributed by atoms with van der Waals surface area (Å²) >= 11 is 0. The standard InChI is InChI=1S/C32H36N2O5.C31H37N3O3.C20H16NP.C8H4.B8/c1-32(2,3)39-31(37)33-19-20-34(27(22-33)21-24-11-5-4-6-12-24)30(36)18-17-25-13-7-9-15-28(25)38-29-16-10-8-14-26(29)23-35;1-24(35)33-19-9-14-26-12-5-7-15-29(26)37-30-16-8-6-13-27(30)17-18-31(36)34-21-20-32-23-28(34)22-25-10-3-2-4-11-25;21-16-17-22(18-10-4-1-5-11-18,19-12-6-2-7-13-19)20-14-8-3-9-15-20;1-3-5-7-8-6-4-2;1-6(2)8(5)7(3)4/h4-16,23,27H,17-22H2,1-3H3;2-8,10-13,15-16,28,32H,9,14,17-23H2,1H3,(H,33,35);1-15,17H;1-2H2;/t27-;28-;;;/m11.../s1. The second kappa shape index (κ2) is 48.5. The highest BCUT2D eigenvalue weighted by atomic mass is 31.2. The average molecular weight is 1520 g/mol. The number of benzene rings is 9. The van der Waals surface area contributed by atoms with Gasteiger partial charge in [0.25, 0.3) is 0 Å². The zero-order chi connectivity index (χ0) is 81.9. The van der Waals surface area contributed by atoms with Crippen molar-refractivity contribution in [2.45, 2.75) is 96.7 Å². The van der Waals surface area contributed by atoms with E-state index >= 15 is 0 Å². The number of hydrogen-bond donors (Lipinski definition) is 2. The lowest BCUT2D eigenvalue weighted by atomic mass is 8.68. The number of aryl methyl sites for hydroxylation is 3. The van der Waals surface area contributed by atoms with Crippen LogP contribution in [0.2, 0.25) is 0 Å². The maximum atomic E-state index is 13.6. The van der Waals surface area contributed by atoms with Gasteiger partial charge >= 0.3 is 6.09 Å².